The molecule has 2 fully saturated rings. The smallest absolute Gasteiger partial charge is 0.326 e. The molecule has 2 aliphatic rings. The second-order valence-corrected chi connectivity index (χ2v) is 9.91. The van der Waals surface area contributed by atoms with Gasteiger partial charge in [-0.3, -0.25) is 14.7 Å². The first-order valence-corrected chi connectivity index (χ1v) is 11.9. The molecule has 36 heavy (non-hydrogen) atoms. The van der Waals surface area contributed by atoms with Crippen LogP contribution in [0.2, 0.25) is 0 Å². The van der Waals surface area contributed by atoms with Gasteiger partial charge >= 0.3 is 11.9 Å². The maximum absolute atomic E-state index is 14.0. The van der Waals surface area contributed by atoms with Gasteiger partial charge in [0.25, 0.3) is 0 Å². The molecule has 0 aliphatic heterocycles. The molecular weight excluding hydrogens is 514 g/mol. The quantitative estimate of drug-likeness (QED) is 0.420. The van der Waals surface area contributed by atoms with E-state index in [1.807, 2.05) is 0 Å². The molecule has 0 unspecified atom stereocenters. The van der Waals surface area contributed by atoms with Crippen LogP contribution in [0.25, 0.3) is 0 Å². The fraction of sp³-hybridized carbons (Fsp3) is 0.333. The molecule has 2 aromatic carbocycles. The highest BCUT2D eigenvalue weighted by atomic mass is 35.5. The normalized spacial score (nSPS) is 26.0. The maximum Gasteiger partial charge on any atom is 0.326 e. The van der Waals surface area contributed by atoms with Gasteiger partial charge in [-0.15, -0.1) is 12.4 Å². The largest absolute Gasteiger partial charge is 0.460 e. The first-order valence-electron chi connectivity index (χ1n) is 11.0. The lowest BCUT2D eigenvalue weighted by Crippen LogP contribution is -2.51. The third kappa shape index (κ3) is 4.95. The van der Waals surface area contributed by atoms with Crippen LogP contribution >= 0.6 is 24.2 Å². The number of aromatic nitrogens is 3. The summed E-state index contributed by atoms with van der Waals surface area (Å²) < 4.78 is 38.7. The summed E-state index contributed by atoms with van der Waals surface area (Å²) in [6.45, 7) is -0.499. The number of halogens is 3. The summed E-state index contributed by atoms with van der Waals surface area (Å²) in [5.74, 6) is -3.66. The van der Waals surface area contributed by atoms with E-state index in [4.69, 9.17) is 15.2 Å². The van der Waals surface area contributed by atoms with Crippen LogP contribution in [0.1, 0.15) is 17.5 Å². The number of carbonyl (C=O) groups is 2. The van der Waals surface area contributed by atoms with Gasteiger partial charge in [0.1, 0.15) is 36.7 Å². The third-order valence-corrected chi connectivity index (χ3v) is 7.79. The standard InChI is InChI=1S/C24H22F2N4O4S.ClH/c25-15-7-3-1-5-13(15)10-33-21(31)19-18-17(35-23-28-12-29-30-23)9-24(27,20(18)19)22(32)34-11-14-6-2-4-8-16(14)26;/h1-8,12,17-20H,9-11,27H2,(H,28,29,30);1H/t17-,18+,19+,20+,24+;/m1./s1. The Labute approximate surface area is 215 Å². The number of nitrogens with zero attached hydrogens (tertiary/aromatic N) is 2. The number of nitrogens with two attached hydrogens (primary N) is 1. The van der Waals surface area contributed by atoms with Gasteiger partial charge in [0, 0.05) is 22.3 Å². The number of ether oxygens (including phenoxy) is 2. The van der Waals surface area contributed by atoms with E-state index in [9.17, 15) is 18.4 Å². The van der Waals surface area contributed by atoms with Gasteiger partial charge in [0.05, 0.1) is 5.92 Å². The molecule has 0 radical (unpaired) electrons. The first kappa shape index (κ1) is 26.1. The van der Waals surface area contributed by atoms with Gasteiger partial charge in [0.2, 0.25) is 0 Å². The van der Waals surface area contributed by atoms with Crippen molar-refractivity contribution < 1.29 is 27.8 Å². The number of hydrogen-bond donors (Lipinski definition) is 2. The van der Waals surface area contributed by atoms with Crippen molar-refractivity contribution >= 4 is 36.1 Å². The van der Waals surface area contributed by atoms with Crippen LogP contribution < -0.4 is 5.73 Å². The van der Waals surface area contributed by atoms with Crippen LogP contribution in [0.3, 0.4) is 0 Å². The Hall–Kier alpha value is -3.02. The summed E-state index contributed by atoms with van der Waals surface area (Å²) in [7, 11) is 0. The van der Waals surface area contributed by atoms with E-state index in [-0.39, 0.29) is 54.3 Å². The molecule has 0 bridgehead atoms. The Morgan fingerprint density at radius 1 is 1.06 bits per heavy atom. The minimum absolute atomic E-state index is 0. The third-order valence-electron chi connectivity index (χ3n) is 6.59. The Bertz CT molecular complexity index is 1250. The van der Waals surface area contributed by atoms with Crippen LogP contribution in [0.15, 0.2) is 60.0 Å². The average molecular weight is 537 g/mol. The summed E-state index contributed by atoms with van der Waals surface area (Å²) >= 11 is 1.34. The van der Waals surface area contributed by atoms with Crippen molar-refractivity contribution in [1.82, 2.24) is 15.2 Å². The van der Waals surface area contributed by atoms with Gasteiger partial charge in [-0.05, 0) is 24.5 Å². The van der Waals surface area contributed by atoms with Crippen LogP contribution in [0.5, 0.6) is 0 Å². The zero-order valence-corrected chi connectivity index (χ0v) is 20.4. The van der Waals surface area contributed by atoms with Crippen molar-refractivity contribution in [3.8, 4) is 0 Å². The van der Waals surface area contributed by atoms with Crippen molar-refractivity contribution in [1.29, 1.82) is 0 Å². The SMILES string of the molecule is Cl.N[C@@]1(C(=O)OCc2ccccc2F)C[C@@H](Sc2ncn[nH]2)[C@H]2[C@H](C(=O)OCc3ccccc3F)[C@H]21. The van der Waals surface area contributed by atoms with Gasteiger partial charge in [0.15, 0.2) is 5.16 Å². The summed E-state index contributed by atoms with van der Waals surface area (Å²) in [5, 5.41) is 6.88. The molecular formula is C24H23ClF2N4O4S. The van der Waals surface area contributed by atoms with Crippen LogP contribution in [0, 0.1) is 29.4 Å². The van der Waals surface area contributed by atoms with Crippen molar-refractivity contribution in [3.05, 3.63) is 77.6 Å². The van der Waals surface area contributed by atoms with Gasteiger partial charge < -0.3 is 15.2 Å². The fourth-order valence-electron chi connectivity index (χ4n) is 4.86. The van der Waals surface area contributed by atoms with E-state index < -0.39 is 40.9 Å². The van der Waals surface area contributed by atoms with Crippen LogP contribution in [0.4, 0.5) is 8.78 Å². The van der Waals surface area contributed by atoms with Gasteiger partial charge in [-0.1, -0.05) is 48.2 Å². The fourth-order valence-corrected chi connectivity index (χ4v) is 6.21. The van der Waals surface area contributed by atoms with Gasteiger partial charge in [-0.25, -0.2) is 13.8 Å². The molecule has 0 saturated heterocycles. The number of rotatable bonds is 8. The molecule has 190 valence electrons. The predicted octanol–water partition coefficient (Wildman–Crippen LogP) is 3.42. The molecule has 3 aromatic rings. The highest BCUT2D eigenvalue weighted by Crippen LogP contribution is 2.65. The molecule has 8 nitrogen and oxygen atoms in total. The second-order valence-electron chi connectivity index (χ2n) is 8.69. The number of esters is 2. The Kier molecular flexibility index (Phi) is 7.62. The maximum atomic E-state index is 14.0. The van der Waals surface area contributed by atoms with Gasteiger partial charge in [-0.2, -0.15) is 5.10 Å². The molecule has 2 aliphatic carbocycles. The molecule has 0 spiro atoms. The minimum atomic E-state index is -1.46. The Morgan fingerprint density at radius 3 is 2.25 bits per heavy atom. The Morgan fingerprint density at radius 2 is 1.67 bits per heavy atom. The van der Waals surface area contributed by atoms with E-state index in [1.54, 1.807) is 24.3 Å². The lowest BCUT2D eigenvalue weighted by atomic mass is 9.91. The lowest BCUT2D eigenvalue weighted by Gasteiger charge is -2.27. The van der Waals surface area contributed by atoms with Crippen molar-refractivity contribution in [2.45, 2.75) is 35.6 Å². The molecule has 0 amide bonds. The number of hydrogen-bond acceptors (Lipinski definition) is 8. The molecule has 3 N–H and O–H groups in total. The van der Waals surface area contributed by atoms with E-state index in [0.717, 1.165) is 0 Å². The van der Waals surface area contributed by atoms with E-state index in [2.05, 4.69) is 15.2 Å². The lowest BCUT2D eigenvalue weighted by molar-refractivity contribution is -0.153. The number of carbonyl (C=O) groups excluding carboxylic acids is 2. The molecule has 1 heterocycles. The molecule has 12 heteroatoms. The summed E-state index contributed by atoms with van der Waals surface area (Å²) in [6, 6.07) is 12.0. The second kappa shape index (κ2) is 10.5. The molecule has 5 rings (SSSR count). The minimum Gasteiger partial charge on any atom is -0.460 e. The molecule has 1 aromatic heterocycles. The number of benzene rings is 2. The summed E-state index contributed by atoms with van der Waals surface area (Å²) in [4.78, 5) is 30.2. The van der Waals surface area contributed by atoms with Crippen LogP contribution in [-0.4, -0.2) is 37.9 Å². The van der Waals surface area contributed by atoms with Crippen LogP contribution in [-0.2, 0) is 32.3 Å². The molecule has 5 atom stereocenters. The van der Waals surface area contributed by atoms with Crippen molar-refractivity contribution in [2.24, 2.45) is 23.5 Å². The zero-order chi connectivity index (χ0) is 24.6. The summed E-state index contributed by atoms with van der Waals surface area (Å²) in [5.41, 5.74) is 5.59. The monoisotopic (exact) mass is 536 g/mol. The number of fused-ring (bicyclic) bond motifs is 1. The van der Waals surface area contributed by atoms with Crippen molar-refractivity contribution in [2.75, 3.05) is 0 Å². The van der Waals surface area contributed by atoms with E-state index >= 15 is 0 Å². The molecule has 2 saturated carbocycles. The number of thioether (sulfide) groups is 1. The predicted molar refractivity (Wildman–Crippen MR) is 128 cm³/mol. The average Bonchev–Trinajstić information content (AvgIpc) is 3.27. The number of nitrogens with one attached hydrogen (secondary N) is 1. The topological polar surface area (TPSA) is 120 Å². The Balaban J connectivity index is 0.00000304. The zero-order valence-electron chi connectivity index (χ0n) is 18.8. The van der Waals surface area contributed by atoms with E-state index in [1.165, 1.54) is 42.4 Å². The number of H-pyrrole nitrogens is 1. The highest BCUT2D eigenvalue weighted by molar-refractivity contribution is 7.99. The van der Waals surface area contributed by atoms with E-state index in [0.29, 0.717) is 5.16 Å². The summed E-state index contributed by atoms with van der Waals surface area (Å²) in [6.07, 6.45) is 1.60. The van der Waals surface area contributed by atoms with Crippen molar-refractivity contribution in [3.63, 3.8) is 0 Å². The first-order chi connectivity index (χ1) is 16.9. The highest BCUT2D eigenvalue weighted by Gasteiger charge is 2.74. The number of aromatic amines is 1.